The number of benzene rings is 1. The number of hydrogen-bond acceptors (Lipinski definition) is 3. The summed E-state index contributed by atoms with van der Waals surface area (Å²) < 4.78 is 0. The Bertz CT molecular complexity index is 568. The first kappa shape index (κ1) is 14.9. The summed E-state index contributed by atoms with van der Waals surface area (Å²) in [6.07, 6.45) is 2.96. The summed E-state index contributed by atoms with van der Waals surface area (Å²) in [7, 11) is 0. The minimum absolute atomic E-state index is 0.326. The van der Waals surface area contributed by atoms with E-state index < -0.39 is 17.5 Å². The van der Waals surface area contributed by atoms with Crippen molar-refractivity contribution >= 4 is 11.9 Å². The van der Waals surface area contributed by atoms with Crippen molar-refractivity contribution in [1.29, 1.82) is 5.26 Å². The van der Waals surface area contributed by atoms with E-state index in [1.807, 2.05) is 6.07 Å². The van der Waals surface area contributed by atoms with E-state index in [1.165, 1.54) is 0 Å². The Hall–Kier alpha value is -2.55. The summed E-state index contributed by atoms with van der Waals surface area (Å²) >= 11 is 0. The third-order valence-corrected chi connectivity index (χ3v) is 3.82. The van der Waals surface area contributed by atoms with Gasteiger partial charge in [-0.3, -0.25) is 4.79 Å². The monoisotopic (exact) mass is 286 g/mol. The van der Waals surface area contributed by atoms with E-state index in [0.717, 1.165) is 18.4 Å². The molecular formula is C15H18N4O2. The minimum atomic E-state index is -0.908. The summed E-state index contributed by atoms with van der Waals surface area (Å²) in [5.74, 6) is -0.478. The summed E-state index contributed by atoms with van der Waals surface area (Å²) in [4.78, 5) is 23.5. The van der Waals surface area contributed by atoms with Gasteiger partial charge in [-0.2, -0.15) is 5.26 Å². The third kappa shape index (κ3) is 3.51. The van der Waals surface area contributed by atoms with Crippen molar-refractivity contribution in [2.75, 3.05) is 0 Å². The maximum absolute atomic E-state index is 11.9. The molecule has 0 heterocycles. The molecule has 0 unspecified atom stereocenters. The highest BCUT2D eigenvalue weighted by Gasteiger charge is 2.40. The fourth-order valence-corrected chi connectivity index (χ4v) is 2.55. The Morgan fingerprint density at radius 1 is 1.24 bits per heavy atom. The van der Waals surface area contributed by atoms with Crippen LogP contribution in [-0.4, -0.2) is 17.5 Å². The maximum Gasteiger partial charge on any atom is 0.315 e. The lowest BCUT2D eigenvalue weighted by atomic mass is 9.97. The van der Waals surface area contributed by atoms with Crippen molar-refractivity contribution in [3.05, 3.63) is 35.4 Å². The van der Waals surface area contributed by atoms with Crippen molar-refractivity contribution in [3.63, 3.8) is 0 Å². The molecule has 2 rings (SSSR count). The van der Waals surface area contributed by atoms with Crippen LogP contribution in [0.2, 0.25) is 0 Å². The largest absolute Gasteiger partial charge is 0.368 e. The van der Waals surface area contributed by atoms with Crippen LogP contribution in [0.15, 0.2) is 24.3 Å². The van der Waals surface area contributed by atoms with Gasteiger partial charge in [-0.05, 0) is 30.5 Å². The second-order valence-electron chi connectivity index (χ2n) is 5.27. The van der Waals surface area contributed by atoms with Crippen LogP contribution >= 0.6 is 0 Å². The molecule has 1 aliphatic rings. The molecule has 1 saturated carbocycles. The van der Waals surface area contributed by atoms with Gasteiger partial charge < -0.3 is 16.4 Å². The molecule has 3 amide bonds. The van der Waals surface area contributed by atoms with E-state index in [0.29, 0.717) is 24.9 Å². The highest BCUT2D eigenvalue weighted by Crippen LogP contribution is 2.29. The first-order valence-electron chi connectivity index (χ1n) is 6.91. The predicted octanol–water partition coefficient (Wildman–Crippen LogP) is 1.16. The average Bonchev–Trinajstić information content (AvgIpc) is 2.95. The van der Waals surface area contributed by atoms with Crippen LogP contribution in [0.4, 0.5) is 4.79 Å². The van der Waals surface area contributed by atoms with E-state index >= 15 is 0 Å². The number of rotatable bonds is 4. The van der Waals surface area contributed by atoms with Crippen LogP contribution in [0.1, 0.15) is 36.8 Å². The van der Waals surface area contributed by atoms with Crippen LogP contribution in [-0.2, 0) is 11.3 Å². The number of urea groups is 1. The van der Waals surface area contributed by atoms with Gasteiger partial charge in [-0.25, -0.2) is 4.79 Å². The number of nitrogens with zero attached hydrogens (tertiary/aromatic N) is 1. The van der Waals surface area contributed by atoms with Crippen LogP contribution in [0.25, 0.3) is 0 Å². The van der Waals surface area contributed by atoms with Gasteiger partial charge in [-0.1, -0.05) is 25.0 Å². The summed E-state index contributed by atoms with van der Waals surface area (Å²) in [6, 6.07) is 8.57. The smallest absolute Gasteiger partial charge is 0.315 e. The average molecular weight is 286 g/mol. The van der Waals surface area contributed by atoms with Crippen molar-refractivity contribution in [2.24, 2.45) is 5.73 Å². The second kappa shape index (κ2) is 6.27. The highest BCUT2D eigenvalue weighted by molar-refractivity contribution is 5.90. The topological polar surface area (TPSA) is 108 Å². The molecule has 0 bridgehead atoms. The van der Waals surface area contributed by atoms with Crippen molar-refractivity contribution in [1.82, 2.24) is 10.6 Å². The summed E-state index contributed by atoms with van der Waals surface area (Å²) in [5, 5.41) is 14.1. The molecule has 0 radical (unpaired) electrons. The van der Waals surface area contributed by atoms with Gasteiger partial charge in [0.05, 0.1) is 11.6 Å². The Labute approximate surface area is 123 Å². The lowest BCUT2D eigenvalue weighted by molar-refractivity contribution is -0.123. The van der Waals surface area contributed by atoms with Gasteiger partial charge in [-0.15, -0.1) is 0 Å². The van der Waals surface area contributed by atoms with E-state index in [-0.39, 0.29) is 0 Å². The van der Waals surface area contributed by atoms with Gasteiger partial charge in [0.2, 0.25) is 5.91 Å². The number of carbonyl (C=O) groups excluding carboxylic acids is 2. The van der Waals surface area contributed by atoms with Crippen molar-refractivity contribution < 1.29 is 9.59 Å². The molecule has 1 fully saturated rings. The molecule has 0 aliphatic heterocycles. The molecule has 6 nitrogen and oxygen atoms in total. The molecule has 4 N–H and O–H groups in total. The second-order valence-corrected chi connectivity index (χ2v) is 5.27. The van der Waals surface area contributed by atoms with Crippen molar-refractivity contribution in [2.45, 2.75) is 37.8 Å². The Morgan fingerprint density at radius 3 is 2.38 bits per heavy atom. The Kier molecular flexibility index (Phi) is 4.43. The molecule has 1 aromatic carbocycles. The lowest BCUT2D eigenvalue weighted by Crippen LogP contribution is -2.57. The number of nitriles is 1. The first-order valence-corrected chi connectivity index (χ1v) is 6.91. The van der Waals surface area contributed by atoms with E-state index in [4.69, 9.17) is 11.0 Å². The van der Waals surface area contributed by atoms with E-state index in [9.17, 15) is 9.59 Å². The fourth-order valence-electron chi connectivity index (χ4n) is 2.55. The van der Waals surface area contributed by atoms with E-state index in [2.05, 4.69) is 10.6 Å². The van der Waals surface area contributed by atoms with Gasteiger partial charge >= 0.3 is 6.03 Å². The van der Waals surface area contributed by atoms with Gasteiger partial charge in [0, 0.05) is 6.54 Å². The summed E-state index contributed by atoms with van der Waals surface area (Å²) in [5.41, 5.74) is 5.95. The Balaban J connectivity index is 1.89. The van der Waals surface area contributed by atoms with Crippen LogP contribution < -0.4 is 16.4 Å². The van der Waals surface area contributed by atoms with Crippen LogP contribution in [0, 0.1) is 11.3 Å². The zero-order valence-corrected chi connectivity index (χ0v) is 11.7. The normalized spacial score (nSPS) is 16.0. The third-order valence-electron chi connectivity index (χ3n) is 3.82. The number of carbonyl (C=O) groups is 2. The molecule has 0 saturated heterocycles. The highest BCUT2D eigenvalue weighted by atomic mass is 16.2. The molecule has 1 aliphatic carbocycles. The van der Waals surface area contributed by atoms with Gasteiger partial charge in [0.1, 0.15) is 5.54 Å². The zero-order valence-electron chi connectivity index (χ0n) is 11.7. The standard InChI is InChI=1S/C15H18N4O2/c16-9-11-3-5-12(6-4-11)10-18-14(21)19-15(13(17)20)7-1-2-8-15/h3-6H,1-2,7-8,10H2,(H2,17,20)(H2,18,19,21). The first-order chi connectivity index (χ1) is 10.1. The number of nitrogens with two attached hydrogens (primary N) is 1. The number of primary amides is 1. The SMILES string of the molecule is N#Cc1ccc(CNC(=O)NC2(C(N)=O)CCCC2)cc1. The minimum Gasteiger partial charge on any atom is -0.368 e. The number of nitrogens with one attached hydrogen (secondary N) is 2. The van der Waals surface area contributed by atoms with Crippen LogP contribution in [0.3, 0.4) is 0 Å². The Morgan fingerprint density at radius 2 is 1.86 bits per heavy atom. The molecule has 0 atom stereocenters. The molecule has 6 heteroatoms. The maximum atomic E-state index is 11.9. The molecule has 1 aromatic rings. The van der Waals surface area contributed by atoms with Gasteiger partial charge in [0.25, 0.3) is 0 Å². The molecule has 0 spiro atoms. The van der Waals surface area contributed by atoms with Crippen molar-refractivity contribution in [3.8, 4) is 6.07 Å². The molecule has 0 aromatic heterocycles. The molecule has 110 valence electrons. The lowest BCUT2D eigenvalue weighted by Gasteiger charge is -2.26. The number of amides is 3. The quantitative estimate of drug-likeness (QED) is 0.772. The summed E-state index contributed by atoms with van der Waals surface area (Å²) in [6.45, 7) is 0.326. The fraction of sp³-hybridized carbons (Fsp3) is 0.400. The van der Waals surface area contributed by atoms with Crippen LogP contribution in [0.5, 0.6) is 0 Å². The molecular weight excluding hydrogens is 268 g/mol. The van der Waals surface area contributed by atoms with Gasteiger partial charge in [0.15, 0.2) is 0 Å². The molecule has 21 heavy (non-hydrogen) atoms. The zero-order chi connectivity index (χ0) is 15.3. The predicted molar refractivity (Wildman–Crippen MR) is 76.9 cm³/mol. The van der Waals surface area contributed by atoms with E-state index in [1.54, 1.807) is 24.3 Å². The number of hydrogen-bond donors (Lipinski definition) is 3.